The van der Waals surface area contributed by atoms with Crippen molar-refractivity contribution in [1.82, 2.24) is 9.55 Å². The van der Waals surface area contributed by atoms with E-state index in [0.717, 1.165) is 16.6 Å². The SMILES string of the molecule is CC(C)(C)[C@H]1Cn2c(nc3c(C4OCCO4)cccc32)-c2c(cccc2[N+](=O)[O-])O1. The minimum Gasteiger partial charge on any atom is -0.487 e. The van der Waals surface area contributed by atoms with Gasteiger partial charge in [0, 0.05) is 17.0 Å². The number of nitro groups is 1. The summed E-state index contributed by atoms with van der Waals surface area (Å²) in [6, 6.07) is 10.8. The van der Waals surface area contributed by atoms with Crippen LogP contribution < -0.4 is 4.74 Å². The normalized spacial score (nSPS) is 19.2. The third-order valence-corrected chi connectivity index (χ3v) is 5.69. The lowest BCUT2D eigenvalue weighted by atomic mass is 9.89. The van der Waals surface area contributed by atoms with E-state index in [1.54, 1.807) is 12.1 Å². The van der Waals surface area contributed by atoms with Crippen molar-refractivity contribution in [3.8, 4) is 17.1 Å². The first-order valence-corrected chi connectivity index (χ1v) is 10.0. The van der Waals surface area contributed by atoms with Gasteiger partial charge in [0.05, 0.1) is 35.7 Å². The number of para-hydroxylation sites is 1. The van der Waals surface area contributed by atoms with Crippen LogP contribution in [0.25, 0.3) is 22.4 Å². The van der Waals surface area contributed by atoms with Gasteiger partial charge in [0.2, 0.25) is 0 Å². The number of imidazole rings is 1. The molecule has 2 aliphatic rings. The summed E-state index contributed by atoms with van der Waals surface area (Å²) < 4.78 is 19.8. The maximum absolute atomic E-state index is 11.8. The van der Waals surface area contributed by atoms with Crippen molar-refractivity contribution < 1.29 is 19.1 Å². The van der Waals surface area contributed by atoms with E-state index in [9.17, 15) is 10.1 Å². The van der Waals surface area contributed by atoms with Crippen LogP contribution in [0.15, 0.2) is 36.4 Å². The van der Waals surface area contributed by atoms with Gasteiger partial charge in [0.25, 0.3) is 5.69 Å². The van der Waals surface area contributed by atoms with Gasteiger partial charge in [-0.3, -0.25) is 10.1 Å². The molecule has 1 atom stereocenters. The molecule has 8 heteroatoms. The zero-order chi connectivity index (χ0) is 21.0. The molecule has 8 nitrogen and oxygen atoms in total. The maximum atomic E-state index is 11.8. The highest BCUT2D eigenvalue weighted by Crippen LogP contribution is 2.44. The molecule has 3 heterocycles. The molecule has 1 fully saturated rings. The van der Waals surface area contributed by atoms with Crippen LogP contribution in [-0.2, 0) is 16.0 Å². The second kappa shape index (κ2) is 6.78. The lowest BCUT2D eigenvalue weighted by Gasteiger charge is -2.30. The monoisotopic (exact) mass is 409 g/mol. The van der Waals surface area contributed by atoms with E-state index >= 15 is 0 Å². The molecule has 0 aliphatic carbocycles. The van der Waals surface area contributed by atoms with Crippen LogP contribution in [0.2, 0.25) is 0 Å². The summed E-state index contributed by atoms with van der Waals surface area (Å²) in [5.41, 5.74) is 2.65. The molecule has 0 N–H and O–H groups in total. The number of hydrogen-bond acceptors (Lipinski definition) is 6. The van der Waals surface area contributed by atoms with Crippen molar-refractivity contribution in [2.24, 2.45) is 5.41 Å². The molecule has 3 aromatic rings. The predicted molar refractivity (Wildman–Crippen MR) is 110 cm³/mol. The van der Waals surface area contributed by atoms with Crippen LogP contribution in [-0.4, -0.2) is 33.8 Å². The largest absolute Gasteiger partial charge is 0.487 e. The summed E-state index contributed by atoms with van der Waals surface area (Å²) >= 11 is 0. The molecular weight excluding hydrogens is 386 g/mol. The highest BCUT2D eigenvalue weighted by Gasteiger charge is 2.36. The van der Waals surface area contributed by atoms with E-state index in [4.69, 9.17) is 19.2 Å². The molecule has 1 aromatic heterocycles. The Morgan fingerprint density at radius 3 is 2.57 bits per heavy atom. The fourth-order valence-corrected chi connectivity index (χ4v) is 4.07. The van der Waals surface area contributed by atoms with E-state index in [2.05, 4.69) is 20.8 Å². The van der Waals surface area contributed by atoms with Crippen molar-refractivity contribution in [2.75, 3.05) is 13.2 Å². The number of nitro benzene ring substituents is 1. The fraction of sp³-hybridized carbons (Fsp3) is 0.409. The standard InChI is InChI=1S/C22H23N3O5/c1-22(2,3)17-12-24-15-8-4-6-13(21-28-10-11-29-21)19(15)23-20(24)18-14(25(26)27)7-5-9-16(18)30-17/h4-9,17,21H,10-12H2,1-3H3/t17-/m1/s1. The number of ether oxygens (including phenoxy) is 3. The highest BCUT2D eigenvalue weighted by atomic mass is 16.7. The second-order valence-corrected chi connectivity index (χ2v) is 8.71. The number of hydrogen-bond donors (Lipinski definition) is 0. The molecule has 0 unspecified atom stereocenters. The van der Waals surface area contributed by atoms with Crippen molar-refractivity contribution in [1.29, 1.82) is 0 Å². The van der Waals surface area contributed by atoms with Gasteiger partial charge in [-0.1, -0.05) is 39.0 Å². The summed E-state index contributed by atoms with van der Waals surface area (Å²) in [5.74, 6) is 1.01. The molecule has 156 valence electrons. The Balaban J connectivity index is 1.81. The third-order valence-electron chi connectivity index (χ3n) is 5.69. The quantitative estimate of drug-likeness (QED) is 0.458. The van der Waals surface area contributed by atoms with Gasteiger partial charge in [0.1, 0.15) is 17.4 Å². The van der Waals surface area contributed by atoms with Crippen LogP contribution >= 0.6 is 0 Å². The number of benzene rings is 2. The van der Waals surface area contributed by atoms with Crippen LogP contribution in [0.4, 0.5) is 5.69 Å². The number of nitrogens with zero attached hydrogens (tertiary/aromatic N) is 3. The minimum absolute atomic E-state index is 0.0199. The van der Waals surface area contributed by atoms with E-state index in [1.807, 2.05) is 22.8 Å². The Morgan fingerprint density at radius 1 is 1.13 bits per heavy atom. The van der Waals surface area contributed by atoms with Gasteiger partial charge in [-0.2, -0.15) is 0 Å². The smallest absolute Gasteiger partial charge is 0.284 e. The highest BCUT2D eigenvalue weighted by molar-refractivity contribution is 5.87. The molecule has 2 aliphatic heterocycles. The van der Waals surface area contributed by atoms with Crippen LogP contribution in [0, 0.1) is 15.5 Å². The molecule has 0 saturated carbocycles. The van der Waals surface area contributed by atoms with Crippen LogP contribution in [0.5, 0.6) is 5.75 Å². The molecule has 0 amide bonds. The zero-order valence-corrected chi connectivity index (χ0v) is 17.1. The molecule has 0 radical (unpaired) electrons. The Morgan fingerprint density at radius 2 is 1.87 bits per heavy atom. The van der Waals surface area contributed by atoms with E-state index < -0.39 is 6.29 Å². The summed E-state index contributed by atoms with van der Waals surface area (Å²) in [5, 5.41) is 11.8. The lowest BCUT2D eigenvalue weighted by Crippen LogP contribution is -2.35. The summed E-state index contributed by atoms with van der Waals surface area (Å²) in [7, 11) is 0. The summed E-state index contributed by atoms with van der Waals surface area (Å²) in [6.07, 6.45) is -0.674. The van der Waals surface area contributed by atoms with E-state index in [-0.39, 0.29) is 22.1 Å². The van der Waals surface area contributed by atoms with Gasteiger partial charge < -0.3 is 18.8 Å². The van der Waals surface area contributed by atoms with E-state index in [0.29, 0.717) is 36.9 Å². The molecule has 5 rings (SSSR count). The second-order valence-electron chi connectivity index (χ2n) is 8.71. The number of aromatic nitrogens is 2. The van der Waals surface area contributed by atoms with E-state index in [1.165, 1.54) is 6.07 Å². The van der Waals surface area contributed by atoms with Crippen LogP contribution in [0.3, 0.4) is 0 Å². The van der Waals surface area contributed by atoms with Crippen molar-refractivity contribution in [3.05, 3.63) is 52.1 Å². The van der Waals surface area contributed by atoms with Crippen molar-refractivity contribution in [3.63, 3.8) is 0 Å². The first-order chi connectivity index (χ1) is 14.3. The zero-order valence-electron chi connectivity index (χ0n) is 17.1. The fourth-order valence-electron chi connectivity index (χ4n) is 4.07. The first-order valence-electron chi connectivity index (χ1n) is 10.0. The first kappa shape index (κ1) is 19.0. The Kier molecular flexibility index (Phi) is 4.30. The predicted octanol–water partition coefficient (Wildman–Crippen LogP) is 4.46. The molecule has 0 spiro atoms. The van der Waals surface area contributed by atoms with Crippen molar-refractivity contribution >= 4 is 16.7 Å². The van der Waals surface area contributed by atoms with Gasteiger partial charge in [0.15, 0.2) is 12.1 Å². The Bertz CT molecular complexity index is 1140. The molecule has 30 heavy (non-hydrogen) atoms. The molecule has 0 bridgehead atoms. The topological polar surface area (TPSA) is 88.7 Å². The molecular formula is C22H23N3O5. The van der Waals surface area contributed by atoms with Crippen LogP contribution in [0.1, 0.15) is 32.6 Å². The minimum atomic E-state index is -0.479. The van der Waals surface area contributed by atoms with Crippen molar-refractivity contribution in [2.45, 2.75) is 39.7 Å². The number of fused-ring (bicyclic) bond motifs is 5. The van der Waals surface area contributed by atoms with Gasteiger partial charge in [-0.05, 0) is 12.1 Å². The Labute approximate surface area is 173 Å². The average molecular weight is 409 g/mol. The maximum Gasteiger partial charge on any atom is 0.284 e. The number of rotatable bonds is 2. The molecule has 1 saturated heterocycles. The van der Waals surface area contributed by atoms with Gasteiger partial charge in [-0.25, -0.2) is 4.98 Å². The molecule has 2 aromatic carbocycles. The van der Waals surface area contributed by atoms with Gasteiger partial charge >= 0.3 is 0 Å². The lowest BCUT2D eigenvalue weighted by molar-refractivity contribution is -0.384. The van der Waals surface area contributed by atoms with Gasteiger partial charge in [-0.15, -0.1) is 0 Å². The average Bonchev–Trinajstić information content (AvgIpc) is 3.31. The third kappa shape index (κ3) is 2.95. The summed E-state index contributed by atoms with van der Waals surface area (Å²) in [6.45, 7) is 7.89. The summed E-state index contributed by atoms with van der Waals surface area (Å²) in [4.78, 5) is 16.3. The Hall–Kier alpha value is -2.97.